The van der Waals surface area contributed by atoms with Crippen molar-refractivity contribution in [3.05, 3.63) is 54.1 Å². The summed E-state index contributed by atoms with van der Waals surface area (Å²) in [5, 5.41) is 7.47. The highest BCUT2D eigenvalue weighted by Gasteiger charge is 2.19. The maximum atomic E-state index is 12.7. The summed E-state index contributed by atoms with van der Waals surface area (Å²) in [6, 6.07) is 9.06. The van der Waals surface area contributed by atoms with Gasteiger partial charge in [0.2, 0.25) is 0 Å². The Morgan fingerprint density at radius 3 is 2.74 bits per heavy atom. The van der Waals surface area contributed by atoms with Gasteiger partial charge in [-0.05, 0) is 49.2 Å². The Kier molecular flexibility index (Phi) is 5.49. The Morgan fingerprint density at radius 2 is 2.07 bits per heavy atom. The van der Waals surface area contributed by atoms with Crippen molar-refractivity contribution in [2.45, 2.75) is 19.4 Å². The molecule has 0 saturated carbocycles. The largest absolute Gasteiger partial charge is 0.497 e. The lowest BCUT2D eigenvalue weighted by molar-refractivity contribution is 0.0930. The van der Waals surface area contributed by atoms with E-state index in [-0.39, 0.29) is 11.9 Å². The number of hydrogen-bond donors (Lipinski definition) is 1. The first-order valence-electron chi connectivity index (χ1n) is 8.60. The number of nitrogens with one attached hydrogen (secondary N) is 1. The van der Waals surface area contributed by atoms with E-state index >= 15 is 0 Å². The summed E-state index contributed by atoms with van der Waals surface area (Å²) in [5.41, 5.74) is 2.90. The Hall–Kier alpha value is -3.22. The number of nitrogens with zero attached hydrogens (tertiary/aromatic N) is 2. The Labute approximate surface area is 157 Å². The molecule has 1 amide bonds. The van der Waals surface area contributed by atoms with Crippen LogP contribution in [0.2, 0.25) is 0 Å². The van der Waals surface area contributed by atoms with Gasteiger partial charge in [0.1, 0.15) is 17.2 Å². The van der Waals surface area contributed by atoms with E-state index in [0.717, 1.165) is 11.1 Å². The molecule has 2 heterocycles. The number of methoxy groups -OCH3 is 2. The van der Waals surface area contributed by atoms with Crippen LogP contribution in [0.25, 0.3) is 11.3 Å². The fourth-order valence-corrected chi connectivity index (χ4v) is 2.94. The quantitative estimate of drug-likeness (QED) is 0.692. The van der Waals surface area contributed by atoms with Gasteiger partial charge >= 0.3 is 0 Å². The molecular formula is C20H23N3O4. The molecule has 0 saturated heterocycles. The zero-order chi connectivity index (χ0) is 19.4. The van der Waals surface area contributed by atoms with Crippen molar-refractivity contribution in [1.29, 1.82) is 0 Å². The monoisotopic (exact) mass is 369 g/mol. The molecule has 7 heteroatoms. The molecule has 0 aliphatic carbocycles. The van der Waals surface area contributed by atoms with Crippen LogP contribution in [0.4, 0.5) is 0 Å². The summed E-state index contributed by atoms with van der Waals surface area (Å²) in [6.07, 6.45) is 4.00. The second-order valence-corrected chi connectivity index (χ2v) is 6.31. The molecule has 1 aromatic carbocycles. The van der Waals surface area contributed by atoms with Crippen LogP contribution >= 0.6 is 0 Å². The molecule has 0 aliphatic heterocycles. The summed E-state index contributed by atoms with van der Waals surface area (Å²) in [4.78, 5) is 12.7. The minimum Gasteiger partial charge on any atom is -0.497 e. The Morgan fingerprint density at radius 1 is 1.26 bits per heavy atom. The number of aryl methyl sites for hydroxylation is 1. The topological polar surface area (TPSA) is 78.5 Å². The second kappa shape index (κ2) is 7.99. The molecule has 0 aliphatic rings. The minimum atomic E-state index is -0.186. The van der Waals surface area contributed by atoms with Crippen molar-refractivity contribution in [3.63, 3.8) is 0 Å². The van der Waals surface area contributed by atoms with E-state index in [1.807, 2.05) is 31.2 Å². The number of hydrogen-bond acceptors (Lipinski definition) is 5. The van der Waals surface area contributed by atoms with Gasteiger partial charge in [-0.2, -0.15) is 5.10 Å². The van der Waals surface area contributed by atoms with Gasteiger partial charge in [0.15, 0.2) is 0 Å². The number of furan rings is 1. The van der Waals surface area contributed by atoms with E-state index in [0.29, 0.717) is 29.3 Å². The average Bonchev–Trinajstić information content (AvgIpc) is 3.30. The molecule has 1 N–H and O–H groups in total. The van der Waals surface area contributed by atoms with Crippen LogP contribution in [-0.2, 0) is 13.5 Å². The maximum absolute atomic E-state index is 12.7. The predicted octanol–water partition coefficient (Wildman–Crippen LogP) is 3.06. The van der Waals surface area contributed by atoms with Crippen molar-refractivity contribution < 1.29 is 18.7 Å². The number of carbonyl (C=O) groups excluding carboxylic acids is 1. The highest BCUT2D eigenvalue weighted by atomic mass is 16.5. The average molecular weight is 369 g/mol. The third-order valence-electron chi connectivity index (χ3n) is 4.29. The van der Waals surface area contributed by atoms with Gasteiger partial charge in [0.25, 0.3) is 5.91 Å². The number of amides is 1. The number of benzene rings is 1. The van der Waals surface area contributed by atoms with Crippen LogP contribution in [-0.4, -0.2) is 35.9 Å². The smallest absolute Gasteiger partial charge is 0.269 e. The lowest BCUT2D eigenvalue weighted by Crippen LogP contribution is -2.35. The fourth-order valence-electron chi connectivity index (χ4n) is 2.94. The van der Waals surface area contributed by atoms with Crippen LogP contribution in [0.5, 0.6) is 11.5 Å². The molecule has 7 nitrogen and oxygen atoms in total. The number of ether oxygens (including phenoxy) is 2. The van der Waals surface area contributed by atoms with Crippen molar-refractivity contribution in [3.8, 4) is 22.8 Å². The molecule has 0 spiro atoms. The standard InChI is InChI=1S/C20H23N3O4/c1-13(9-14-7-8-27-12-14)21-20(24)18-11-17(22-23(18)2)16-10-15(25-3)5-6-19(16)26-4/h5-8,10-13H,9H2,1-4H3,(H,21,24). The number of aromatic nitrogens is 2. The van der Waals surface area contributed by atoms with Crippen molar-refractivity contribution >= 4 is 5.91 Å². The summed E-state index contributed by atoms with van der Waals surface area (Å²) in [6.45, 7) is 1.95. The van der Waals surface area contributed by atoms with E-state index < -0.39 is 0 Å². The van der Waals surface area contributed by atoms with E-state index in [2.05, 4.69) is 10.4 Å². The lowest BCUT2D eigenvalue weighted by atomic mass is 10.1. The zero-order valence-corrected chi connectivity index (χ0v) is 15.9. The zero-order valence-electron chi connectivity index (χ0n) is 15.9. The SMILES string of the molecule is COc1ccc(OC)c(-c2cc(C(=O)NC(C)Cc3ccoc3)n(C)n2)c1. The third kappa shape index (κ3) is 4.13. The molecule has 2 aromatic heterocycles. The number of carbonyl (C=O) groups is 1. The molecular weight excluding hydrogens is 346 g/mol. The minimum absolute atomic E-state index is 0.0418. The molecule has 142 valence electrons. The molecule has 3 rings (SSSR count). The first kappa shape index (κ1) is 18.6. The van der Waals surface area contributed by atoms with Gasteiger partial charge in [-0.15, -0.1) is 0 Å². The second-order valence-electron chi connectivity index (χ2n) is 6.31. The van der Waals surface area contributed by atoms with Crippen LogP contribution in [0.15, 0.2) is 47.3 Å². The highest BCUT2D eigenvalue weighted by molar-refractivity contribution is 5.94. The predicted molar refractivity (Wildman–Crippen MR) is 101 cm³/mol. The van der Waals surface area contributed by atoms with E-state index in [9.17, 15) is 4.79 Å². The Bertz CT molecular complexity index is 915. The molecule has 0 bridgehead atoms. The summed E-state index contributed by atoms with van der Waals surface area (Å²) in [5.74, 6) is 1.17. The van der Waals surface area contributed by atoms with Crippen LogP contribution in [0, 0.1) is 0 Å². The highest BCUT2D eigenvalue weighted by Crippen LogP contribution is 2.32. The summed E-state index contributed by atoms with van der Waals surface area (Å²) >= 11 is 0. The van der Waals surface area contributed by atoms with E-state index in [1.165, 1.54) is 0 Å². The van der Waals surface area contributed by atoms with E-state index in [1.54, 1.807) is 44.5 Å². The first-order valence-corrected chi connectivity index (χ1v) is 8.60. The molecule has 1 unspecified atom stereocenters. The van der Waals surface area contributed by atoms with Gasteiger partial charge in [-0.25, -0.2) is 0 Å². The van der Waals surface area contributed by atoms with Gasteiger partial charge in [-0.1, -0.05) is 0 Å². The number of rotatable bonds is 7. The summed E-state index contributed by atoms with van der Waals surface area (Å²) < 4.78 is 17.3. The normalized spacial score (nSPS) is 11.9. The van der Waals surface area contributed by atoms with Crippen molar-refractivity contribution in [2.24, 2.45) is 7.05 Å². The fraction of sp³-hybridized carbons (Fsp3) is 0.300. The molecule has 27 heavy (non-hydrogen) atoms. The molecule has 1 atom stereocenters. The van der Waals surface area contributed by atoms with E-state index in [4.69, 9.17) is 13.9 Å². The molecule has 3 aromatic rings. The van der Waals surface area contributed by atoms with Crippen LogP contribution in [0.1, 0.15) is 23.0 Å². The van der Waals surface area contributed by atoms with Gasteiger partial charge in [-0.3, -0.25) is 9.48 Å². The third-order valence-corrected chi connectivity index (χ3v) is 4.29. The van der Waals surface area contributed by atoms with Crippen molar-refractivity contribution in [2.75, 3.05) is 14.2 Å². The van der Waals surface area contributed by atoms with Gasteiger partial charge < -0.3 is 19.2 Å². The van der Waals surface area contributed by atoms with Gasteiger partial charge in [0.05, 0.1) is 32.4 Å². The van der Waals surface area contributed by atoms with Crippen molar-refractivity contribution in [1.82, 2.24) is 15.1 Å². The summed E-state index contributed by atoms with van der Waals surface area (Å²) in [7, 11) is 4.94. The van der Waals surface area contributed by atoms with Gasteiger partial charge in [0, 0.05) is 18.7 Å². The lowest BCUT2D eigenvalue weighted by Gasteiger charge is -2.12. The van der Waals surface area contributed by atoms with Crippen LogP contribution < -0.4 is 14.8 Å². The molecule has 0 radical (unpaired) electrons. The van der Waals surface area contributed by atoms with Crippen LogP contribution in [0.3, 0.4) is 0 Å². The first-order chi connectivity index (χ1) is 13.0. The Balaban J connectivity index is 1.81. The molecule has 0 fully saturated rings. The maximum Gasteiger partial charge on any atom is 0.269 e.